The highest BCUT2D eigenvalue weighted by Crippen LogP contribution is 1.98. The van der Waals surface area contributed by atoms with Gasteiger partial charge in [-0.3, -0.25) is 15.7 Å². The SMILES string of the molecule is C#CCN=C(NO)c1ccccc1. The number of benzene rings is 1. The van der Waals surface area contributed by atoms with Gasteiger partial charge in [-0.2, -0.15) is 0 Å². The largest absolute Gasteiger partial charge is 0.290 e. The molecule has 13 heavy (non-hydrogen) atoms. The molecule has 0 atom stereocenters. The Kier molecular flexibility index (Phi) is 3.55. The van der Waals surface area contributed by atoms with Crippen molar-refractivity contribution in [3.05, 3.63) is 35.9 Å². The van der Waals surface area contributed by atoms with E-state index in [0.717, 1.165) is 5.56 Å². The molecule has 0 amide bonds. The molecule has 66 valence electrons. The number of hydrogen-bond acceptors (Lipinski definition) is 2. The van der Waals surface area contributed by atoms with Crippen molar-refractivity contribution in [2.24, 2.45) is 4.99 Å². The van der Waals surface area contributed by atoms with Gasteiger partial charge in [0.1, 0.15) is 6.54 Å². The van der Waals surface area contributed by atoms with Gasteiger partial charge in [0.25, 0.3) is 0 Å². The molecule has 0 heterocycles. The summed E-state index contributed by atoms with van der Waals surface area (Å²) in [4.78, 5) is 3.95. The molecule has 0 bridgehead atoms. The highest BCUT2D eigenvalue weighted by Gasteiger charge is 1.98. The maximum absolute atomic E-state index is 8.76. The molecule has 1 aromatic rings. The van der Waals surface area contributed by atoms with Crippen molar-refractivity contribution >= 4 is 5.84 Å². The number of hydrogen-bond donors (Lipinski definition) is 2. The molecule has 0 spiro atoms. The molecule has 3 heteroatoms. The second kappa shape index (κ2) is 4.96. The molecular formula is C10H10N2O. The predicted octanol–water partition coefficient (Wildman–Crippen LogP) is 1.05. The first kappa shape index (κ1) is 9.30. The highest BCUT2D eigenvalue weighted by molar-refractivity contribution is 5.97. The van der Waals surface area contributed by atoms with Crippen molar-refractivity contribution in [2.45, 2.75) is 0 Å². The van der Waals surface area contributed by atoms with Gasteiger partial charge < -0.3 is 0 Å². The van der Waals surface area contributed by atoms with Crippen molar-refractivity contribution in [3.63, 3.8) is 0 Å². The number of nitrogens with zero attached hydrogens (tertiary/aromatic N) is 1. The molecule has 0 saturated carbocycles. The van der Waals surface area contributed by atoms with Gasteiger partial charge in [0, 0.05) is 5.56 Å². The van der Waals surface area contributed by atoms with Gasteiger partial charge in [-0.1, -0.05) is 36.3 Å². The summed E-state index contributed by atoms with van der Waals surface area (Å²) < 4.78 is 0. The molecule has 3 nitrogen and oxygen atoms in total. The minimum Gasteiger partial charge on any atom is -0.290 e. The zero-order chi connectivity index (χ0) is 9.52. The third-order valence-electron chi connectivity index (χ3n) is 1.48. The Hall–Kier alpha value is -1.79. The number of nitrogens with one attached hydrogen (secondary N) is 1. The highest BCUT2D eigenvalue weighted by atomic mass is 16.5. The lowest BCUT2D eigenvalue weighted by Crippen LogP contribution is -2.20. The molecule has 0 aliphatic carbocycles. The van der Waals surface area contributed by atoms with Crippen molar-refractivity contribution in [3.8, 4) is 12.3 Å². The minimum absolute atomic E-state index is 0.248. The lowest BCUT2D eigenvalue weighted by molar-refractivity contribution is 0.235. The van der Waals surface area contributed by atoms with Crippen LogP contribution in [0.1, 0.15) is 5.56 Å². The fraction of sp³-hybridized carbons (Fsp3) is 0.100. The molecule has 0 aliphatic heterocycles. The van der Waals surface area contributed by atoms with Crippen LogP contribution in [0.4, 0.5) is 0 Å². The number of aliphatic imine (C=N–C) groups is 1. The van der Waals surface area contributed by atoms with E-state index in [9.17, 15) is 0 Å². The van der Waals surface area contributed by atoms with E-state index < -0.39 is 0 Å². The quantitative estimate of drug-likeness (QED) is 0.304. The normalized spacial score (nSPS) is 10.6. The molecule has 0 unspecified atom stereocenters. The first-order chi connectivity index (χ1) is 6.38. The smallest absolute Gasteiger partial charge is 0.153 e. The second-order valence-electron chi connectivity index (χ2n) is 2.35. The Morgan fingerprint density at radius 3 is 2.69 bits per heavy atom. The molecule has 1 rings (SSSR count). The summed E-state index contributed by atoms with van der Waals surface area (Å²) in [6.07, 6.45) is 5.04. The van der Waals surface area contributed by atoms with Gasteiger partial charge in [0.2, 0.25) is 0 Å². The summed E-state index contributed by atoms with van der Waals surface area (Å²) in [5.74, 6) is 2.75. The van der Waals surface area contributed by atoms with Crippen LogP contribution in [-0.2, 0) is 0 Å². The van der Waals surface area contributed by atoms with Crippen LogP contribution in [0.5, 0.6) is 0 Å². The van der Waals surface area contributed by atoms with Crippen LogP contribution in [0.3, 0.4) is 0 Å². The number of rotatable bonds is 2. The zero-order valence-corrected chi connectivity index (χ0v) is 7.07. The van der Waals surface area contributed by atoms with Crippen molar-refractivity contribution < 1.29 is 5.21 Å². The van der Waals surface area contributed by atoms with Gasteiger partial charge in [0.15, 0.2) is 5.84 Å². The molecule has 0 aliphatic rings. The lowest BCUT2D eigenvalue weighted by Gasteiger charge is -2.02. The van der Waals surface area contributed by atoms with Crippen LogP contribution in [0, 0.1) is 12.3 Å². The predicted molar refractivity (Wildman–Crippen MR) is 51.6 cm³/mol. The maximum Gasteiger partial charge on any atom is 0.153 e. The summed E-state index contributed by atoms with van der Waals surface area (Å²) in [6, 6.07) is 9.27. The van der Waals surface area contributed by atoms with E-state index in [0.29, 0.717) is 5.84 Å². The Labute approximate surface area is 77.1 Å². The van der Waals surface area contributed by atoms with Gasteiger partial charge in [-0.05, 0) is 0 Å². The van der Waals surface area contributed by atoms with E-state index in [-0.39, 0.29) is 6.54 Å². The first-order valence-electron chi connectivity index (χ1n) is 3.82. The van der Waals surface area contributed by atoms with Crippen molar-refractivity contribution in [1.29, 1.82) is 0 Å². The minimum atomic E-state index is 0.248. The van der Waals surface area contributed by atoms with E-state index >= 15 is 0 Å². The van der Waals surface area contributed by atoms with Gasteiger partial charge in [-0.25, -0.2) is 0 Å². The number of amidine groups is 1. The Morgan fingerprint density at radius 2 is 2.15 bits per heavy atom. The summed E-state index contributed by atoms with van der Waals surface area (Å²) in [6.45, 7) is 0.248. The van der Waals surface area contributed by atoms with E-state index in [2.05, 4.69) is 10.9 Å². The Balaban J connectivity index is 2.86. The second-order valence-corrected chi connectivity index (χ2v) is 2.35. The van der Waals surface area contributed by atoms with E-state index in [4.69, 9.17) is 11.6 Å². The fourth-order valence-electron chi connectivity index (χ4n) is 0.912. The van der Waals surface area contributed by atoms with E-state index in [1.165, 1.54) is 0 Å². The third kappa shape index (κ3) is 2.62. The van der Waals surface area contributed by atoms with Crippen molar-refractivity contribution in [1.82, 2.24) is 5.48 Å². The van der Waals surface area contributed by atoms with Gasteiger partial charge >= 0.3 is 0 Å². The molecule has 0 aromatic heterocycles. The number of terminal acetylenes is 1. The molecular weight excluding hydrogens is 164 g/mol. The van der Waals surface area contributed by atoms with Crippen LogP contribution in [0.2, 0.25) is 0 Å². The average Bonchev–Trinajstić information content (AvgIpc) is 2.21. The molecule has 2 N–H and O–H groups in total. The topological polar surface area (TPSA) is 44.6 Å². The summed E-state index contributed by atoms with van der Waals surface area (Å²) in [7, 11) is 0. The third-order valence-corrected chi connectivity index (χ3v) is 1.48. The van der Waals surface area contributed by atoms with Crippen LogP contribution >= 0.6 is 0 Å². The first-order valence-corrected chi connectivity index (χ1v) is 3.82. The van der Waals surface area contributed by atoms with Crippen LogP contribution in [0.15, 0.2) is 35.3 Å². The fourth-order valence-corrected chi connectivity index (χ4v) is 0.912. The van der Waals surface area contributed by atoms with E-state index in [1.54, 1.807) is 0 Å². The number of hydroxylamine groups is 1. The van der Waals surface area contributed by atoms with Crippen LogP contribution in [-0.4, -0.2) is 17.6 Å². The summed E-state index contributed by atoms with van der Waals surface area (Å²) >= 11 is 0. The lowest BCUT2D eigenvalue weighted by atomic mass is 10.2. The van der Waals surface area contributed by atoms with Gasteiger partial charge in [-0.15, -0.1) is 6.42 Å². The molecule has 1 aromatic carbocycles. The van der Waals surface area contributed by atoms with Crippen LogP contribution in [0.25, 0.3) is 0 Å². The van der Waals surface area contributed by atoms with E-state index in [1.807, 2.05) is 35.8 Å². The Morgan fingerprint density at radius 1 is 1.46 bits per heavy atom. The monoisotopic (exact) mass is 174 g/mol. The van der Waals surface area contributed by atoms with Crippen LogP contribution < -0.4 is 5.48 Å². The zero-order valence-electron chi connectivity index (χ0n) is 7.07. The van der Waals surface area contributed by atoms with Gasteiger partial charge in [0.05, 0.1) is 0 Å². The van der Waals surface area contributed by atoms with Crippen molar-refractivity contribution in [2.75, 3.05) is 6.54 Å². The summed E-state index contributed by atoms with van der Waals surface area (Å²) in [5, 5.41) is 8.76. The summed E-state index contributed by atoms with van der Waals surface area (Å²) in [5.41, 5.74) is 2.81. The average molecular weight is 174 g/mol. The maximum atomic E-state index is 8.76. The standard InChI is InChI=1S/C10H10N2O/c1-2-8-11-10(12-13)9-6-4-3-5-7-9/h1,3-7,13H,8H2,(H,11,12). The molecule has 0 saturated heterocycles. The molecule has 0 fully saturated rings. The Bertz CT molecular complexity index is 325. The molecule has 0 radical (unpaired) electrons.